The zero-order valence-electron chi connectivity index (χ0n) is 14.0. The Morgan fingerprint density at radius 1 is 0.857 bits per heavy atom. The second kappa shape index (κ2) is 4.71. The fourth-order valence-corrected chi connectivity index (χ4v) is 7.32. The Labute approximate surface area is 129 Å². The Balaban J connectivity index is 1.62. The Bertz CT molecular complexity index is 424. The van der Waals surface area contributed by atoms with E-state index in [1.54, 1.807) is 0 Å². The zero-order valence-corrected chi connectivity index (χ0v) is 14.0. The van der Waals surface area contributed by atoms with Crippen LogP contribution in [0, 0.1) is 34.5 Å². The number of aliphatic hydroxyl groups is 1. The molecule has 4 rings (SSSR count). The molecule has 8 atom stereocenters. The predicted molar refractivity (Wildman–Crippen MR) is 84.4 cm³/mol. The van der Waals surface area contributed by atoms with E-state index in [9.17, 15) is 5.11 Å². The summed E-state index contributed by atoms with van der Waals surface area (Å²) in [5, 5.41) is 10.5. The summed E-state index contributed by atoms with van der Waals surface area (Å²) in [6.07, 6.45) is 12.0. The molecule has 4 saturated carbocycles. The third-order valence-corrected chi connectivity index (χ3v) is 8.72. The average molecular weight is 292 g/mol. The lowest BCUT2D eigenvalue weighted by atomic mass is 9.45. The van der Waals surface area contributed by atoms with Crippen LogP contribution in [-0.4, -0.2) is 17.3 Å². The molecule has 2 heteroatoms. The molecule has 0 saturated heterocycles. The largest absolute Gasteiger partial charge is 0.393 e. The van der Waals surface area contributed by atoms with Crippen LogP contribution in [0.15, 0.2) is 0 Å². The number of quaternary nitrogens is 1. The van der Waals surface area contributed by atoms with Crippen LogP contribution < -0.4 is 5.73 Å². The van der Waals surface area contributed by atoms with Gasteiger partial charge in [0.15, 0.2) is 0 Å². The molecule has 21 heavy (non-hydrogen) atoms. The minimum Gasteiger partial charge on any atom is -0.393 e. The zero-order chi connectivity index (χ0) is 14.8. The van der Waals surface area contributed by atoms with Crippen molar-refractivity contribution in [1.29, 1.82) is 0 Å². The molecule has 0 unspecified atom stereocenters. The minimum atomic E-state index is -0.0236. The third kappa shape index (κ3) is 1.91. The number of hydrogen-bond acceptors (Lipinski definition) is 1. The molecular formula is C19H34NO+. The highest BCUT2D eigenvalue weighted by atomic mass is 16.3. The topological polar surface area (TPSA) is 47.9 Å². The first-order chi connectivity index (χ1) is 9.95. The standard InChI is InChI=1S/C19H33NO/c1-18-9-7-13(20)11-12(18)3-4-14-15-5-6-17(21)19(15,2)10-8-16(14)18/h12-17,21H,3-11,20H2,1-2H3/p+1/t12-,13+,14-,15+,16-,17+,18-,19-/m0/s1. The molecule has 0 aromatic heterocycles. The fourth-order valence-electron chi connectivity index (χ4n) is 7.32. The second-order valence-electron chi connectivity index (χ2n) is 9.43. The molecule has 0 radical (unpaired) electrons. The summed E-state index contributed by atoms with van der Waals surface area (Å²) in [4.78, 5) is 0. The SMILES string of the molecule is C[C@]12CC[C@@H]([NH3+])C[C@@H]1CC[C@H]1[C@H]3CC[C@@H](O)[C@@]3(C)CC[C@@H]12. The molecule has 0 aromatic rings. The Hall–Kier alpha value is -0.0800. The first kappa shape index (κ1) is 14.5. The average Bonchev–Trinajstić information content (AvgIpc) is 2.76. The van der Waals surface area contributed by atoms with Crippen molar-refractivity contribution >= 4 is 0 Å². The maximum Gasteiger partial charge on any atom is 0.0846 e. The van der Waals surface area contributed by atoms with Crippen molar-refractivity contribution in [3.8, 4) is 0 Å². The summed E-state index contributed by atoms with van der Waals surface area (Å²) in [6, 6.07) is 0.710. The molecule has 4 aliphatic rings. The molecule has 0 spiro atoms. The summed E-state index contributed by atoms with van der Waals surface area (Å²) < 4.78 is 0. The number of hydrogen-bond donors (Lipinski definition) is 2. The van der Waals surface area contributed by atoms with E-state index in [0.717, 1.165) is 30.1 Å². The lowest BCUT2D eigenvalue weighted by Gasteiger charge is -2.60. The van der Waals surface area contributed by atoms with Gasteiger partial charge in [-0.15, -0.1) is 0 Å². The molecule has 0 amide bonds. The summed E-state index contributed by atoms with van der Waals surface area (Å²) >= 11 is 0. The van der Waals surface area contributed by atoms with Crippen molar-refractivity contribution in [2.75, 3.05) is 0 Å². The van der Waals surface area contributed by atoms with E-state index in [-0.39, 0.29) is 11.5 Å². The van der Waals surface area contributed by atoms with Gasteiger partial charge in [0.1, 0.15) is 0 Å². The lowest BCUT2D eigenvalue weighted by Crippen LogP contribution is -2.65. The normalized spacial score (nSPS) is 60.0. The van der Waals surface area contributed by atoms with Crippen LogP contribution in [0.5, 0.6) is 0 Å². The van der Waals surface area contributed by atoms with E-state index in [1.165, 1.54) is 51.4 Å². The summed E-state index contributed by atoms with van der Waals surface area (Å²) in [6.45, 7) is 5.02. The summed E-state index contributed by atoms with van der Waals surface area (Å²) in [5.74, 6) is 3.59. The monoisotopic (exact) mass is 292 g/mol. The van der Waals surface area contributed by atoms with Gasteiger partial charge in [0.05, 0.1) is 12.1 Å². The van der Waals surface area contributed by atoms with E-state index in [2.05, 4.69) is 19.6 Å². The maximum absolute atomic E-state index is 10.5. The van der Waals surface area contributed by atoms with Crippen molar-refractivity contribution in [2.24, 2.45) is 34.5 Å². The van der Waals surface area contributed by atoms with Crippen LogP contribution in [0.2, 0.25) is 0 Å². The van der Waals surface area contributed by atoms with E-state index >= 15 is 0 Å². The number of rotatable bonds is 0. The van der Waals surface area contributed by atoms with Crippen molar-refractivity contribution in [2.45, 2.75) is 83.8 Å². The maximum atomic E-state index is 10.5. The quantitative estimate of drug-likeness (QED) is 0.708. The highest BCUT2D eigenvalue weighted by Crippen LogP contribution is 2.65. The van der Waals surface area contributed by atoms with Gasteiger partial charge >= 0.3 is 0 Å². The van der Waals surface area contributed by atoms with Crippen LogP contribution in [0.25, 0.3) is 0 Å². The van der Waals surface area contributed by atoms with Crippen molar-refractivity contribution in [3.05, 3.63) is 0 Å². The van der Waals surface area contributed by atoms with Crippen molar-refractivity contribution < 1.29 is 10.8 Å². The molecule has 0 bridgehead atoms. The van der Waals surface area contributed by atoms with E-state index < -0.39 is 0 Å². The van der Waals surface area contributed by atoms with Gasteiger partial charge in [-0.05, 0) is 85.9 Å². The lowest BCUT2D eigenvalue weighted by molar-refractivity contribution is -0.433. The van der Waals surface area contributed by atoms with Gasteiger partial charge in [-0.3, -0.25) is 0 Å². The summed E-state index contributed by atoms with van der Waals surface area (Å²) in [5.41, 5.74) is 5.20. The number of fused-ring (bicyclic) bond motifs is 5. The Morgan fingerprint density at radius 2 is 1.57 bits per heavy atom. The molecule has 4 fully saturated rings. The molecule has 0 heterocycles. The van der Waals surface area contributed by atoms with E-state index in [4.69, 9.17) is 0 Å². The van der Waals surface area contributed by atoms with Crippen LogP contribution >= 0.6 is 0 Å². The van der Waals surface area contributed by atoms with Crippen LogP contribution in [0.1, 0.15) is 71.6 Å². The molecule has 0 aliphatic heterocycles. The molecule has 4 N–H and O–H groups in total. The third-order valence-electron chi connectivity index (χ3n) is 8.72. The minimum absolute atomic E-state index is 0.0236. The molecule has 0 aromatic carbocycles. The van der Waals surface area contributed by atoms with E-state index in [0.29, 0.717) is 11.5 Å². The van der Waals surface area contributed by atoms with Gasteiger partial charge < -0.3 is 10.8 Å². The van der Waals surface area contributed by atoms with Gasteiger partial charge in [0.25, 0.3) is 0 Å². The predicted octanol–water partition coefficient (Wildman–Crippen LogP) is 3.00. The second-order valence-corrected chi connectivity index (χ2v) is 9.43. The van der Waals surface area contributed by atoms with Gasteiger partial charge in [0, 0.05) is 6.42 Å². The molecule has 2 nitrogen and oxygen atoms in total. The smallest absolute Gasteiger partial charge is 0.0846 e. The highest BCUT2D eigenvalue weighted by Gasteiger charge is 2.60. The van der Waals surface area contributed by atoms with Gasteiger partial charge in [-0.1, -0.05) is 13.8 Å². The van der Waals surface area contributed by atoms with Crippen molar-refractivity contribution in [3.63, 3.8) is 0 Å². The first-order valence-electron chi connectivity index (χ1n) is 9.46. The van der Waals surface area contributed by atoms with Gasteiger partial charge in [0.2, 0.25) is 0 Å². The Morgan fingerprint density at radius 3 is 2.38 bits per heavy atom. The molecular weight excluding hydrogens is 258 g/mol. The molecule has 120 valence electrons. The molecule has 4 aliphatic carbocycles. The first-order valence-corrected chi connectivity index (χ1v) is 9.46. The van der Waals surface area contributed by atoms with Crippen LogP contribution in [-0.2, 0) is 0 Å². The Kier molecular flexibility index (Phi) is 3.25. The fraction of sp³-hybridized carbons (Fsp3) is 1.00. The van der Waals surface area contributed by atoms with Crippen LogP contribution in [0.4, 0.5) is 0 Å². The van der Waals surface area contributed by atoms with Crippen molar-refractivity contribution in [1.82, 2.24) is 0 Å². The van der Waals surface area contributed by atoms with E-state index in [1.807, 2.05) is 0 Å². The van der Waals surface area contributed by atoms with Crippen LogP contribution in [0.3, 0.4) is 0 Å². The van der Waals surface area contributed by atoms with Gasteiger partial charge in [-0.2, -0.15) is 0 Å². The van der Waals surface area contributed by atoms with Gasteiger partial charge in [-0.25, -0.2) is 0 Å². The highest BCUT2D eigenvalue weighted by molar-refractivity contribution is 5.09. The number of aliphatic hydroxyl groups excluding tert-OH is 1. The summed E-state index contributed by atoms with van der Waals surface area (Å²) in [7, 11) is 0.